The Bertz CT molecular complexity index is 600. The molecule has 1 unspecified atom stereocenters. The van der Waals surface area contributed by atoms with E-state index in [1.54, 1.807) is 13.1 Å². The Labute approximate surface area is 166 Å². The predicted octanol–water partition coefficient (Wildman–Crippen LogP) is 1.66. The fraction of sp³-hybridized carbons (Fsp3) is 0.588. The first-order valence-corrected chi connectivity index (χ1v) is 8.58. The summed E-state index contributed by atoms with van der Waals surface area (Å²) in [5, 5.41) is 2.79. The molecule has 0 bridgehead atoms. The van der Waals surface area contributed by atoms with Crippen LogP contribution in [0.25, 0.3) is 0 Å². The number of carbonyl (C=O) groups is 2. The minimum absolute atomic E-state index is 0. The van der Waals surface area contributed by atoms with Crippen molar-refractivity contribution in [3.63, 3.8) is 0 Å². The van der Waals surface area contributed by atoms with Crippen LogP contribution in [0.4, 0.5) is 11.5 Å². The molecule has 2 aliphatic rings. The summed E-state index contributed by atoms with van der Waals surface area (Å²) in [6.07, 6.45) is 4.06. The fourth-order valence-corrected chi connectivity index (χ4v) is 2.90. The van der Waals surface area contributed by atoms with Gasteiger partial charge >= 0.3 is 0 Å². The van der Waals surface area contributed by atoms with Gasteiger partial charge in [0, 0.05) is 44.6 Å². The van der Waals surface area contributed by atoms with Crippen LogP contribution < -0.4 is 16.0 Å². The molecule has 0 spiro atoms. The number of carbonyl (C=O) groups excluding carboxylic acids is 2. The van der Waals surface area contributed by atoms with Crippen LogP contribution >= 0.6 is 24.8 Å². The molecule has 1 saturated heterocycles. The van der Waals surface area contributed by atoms with E-state index in [1.807, 2.05) is 17.0 Å². The second-order valence-corrected chi connectivity index (χ2v) is 6.72. The maximum absolute atomic E-state index is 12.1. The summed E-state index contributed by atoms with van der Waals surface area (Å²) < 4.78 is 0. The van der Waals surface area contributed by atoms with Crippen LogP contribution in [-0.4, -0.2) is 53.9 Å². The van der Waals surface area contributed by atoms with E-state index < -0.39 is 0 Å². The van der Waals surface area contributed by atoms with Gasteiger partial charge in [0.05, 0.1) is 11.9 Å². The summed E-state index contributed by atoms with van der Waals surface area (Å²) in [6, 6.07) is 3.59. The van der Waals surface area contributed by atoms with Gasteiger partial charge in [-0.2, -0.15) is 0 Å². The van der Waals surface area contributed by atoms with E-state index >= 15 is 0 Å². The molecular weight excluding hydrogens is 377 g/mol. The lowest BCUT2D eigenvalue weighted by atomic mass is 10.2. The third-order valence-corrected chi connectivity index (χ3v) is 4.38. The lowest BCUT2D eigenvalue weighted by Gasteiger charge is -2.35. The van der Waals surface area contributed by atoms with E-state index in [-0.39, 0.29) is 42.7 Å². The molecule has 0 aromatic carbocycles. The molecule has 7 nitrogen and oxygen atoms in total. The molecule has 1 aromatic heterocycles. The van der Waals surface area contributed by atoms with Crippen molar-refractivity contribution in [2.45, 2.75) is 32.2 Å². The average molecular weight is 404 g/mol. The number of aromatic nitrogens is 1. The number of amides is 2. The normalized spacial score (nSPS) is 17.6. The van der Waals surface area contributed by atoms with Crippen molar-refractivity contribution in [2.24, 2.45) is 11.7 Å². The Hall–Kier alpha value is -1.57. The monoisotopic (exact) mass is 403 g/mol. The smallest absolute Gasteiger partial charge is 0.225 e. The molecule has 146 valence electrons. The summed E-state index contributed by atoms with van der Waals surface area (Å²) in [7, 11) is 0. The Kier molecular flexibility index (Phi) is 8.59. The lowest BCUT2D eigenvalue weighted by Crippen LogP contribution is -2.49. The number of nitrogens with two attached hydrogens (primary N) is 1. The SMILES string of the molecule is CC(N)CC(=O)Nc1ccc(N2CCN(C(=O)C3CC3)CC2)nc1.Cl.Cl. The average Bonchev–Trinajstić information content (AvgIpc) is 3.39. The van der Waals surface area contributed by atoms with Crippen molar-refractivity contribution in [3.8, 4) is 0 Å². The summed E-state index contributed by atoms with van der Waals surface area (Å²) >= 11 is 0. The first-order valence-electron chi connectivity index (χ1n) is 8.58. The van der Waals surface area contributed by atoms with Gasteiger partial charge < -0.3 is 20.9 Å². The van der Waals surface area contributed by atoms with Crippen LogP contribution in [0.15, 0.2) is 18.3 Å². The highest BCUT2D eigenvalue weighted by atomic mass is 35.5. The number of nitrogens with zero attached hydrogens (tertiary/aromatic N) is 3. The van der Waals surface area contributed by atoms with E-state index in [4.69, 9.17) is 5.73 Å². The van der Waals surface area contributed by atoms with Crippen LogP contribution in [0.2, 0.25) is 0 Å². The predicted molar refractivity (Wildman–Crippen MR) is 107 cm³/mol. The number of nitrogens with one attached hydrogen (secondary N) is 1. The molecule has 2 fully saturated rings. The van der Waals surface area contributed by atoms with Crippen molar-refractivity contribution in [1.29, 1.82) is 0 Å². The van der Waals surface area contributed by atoms with Crippen LogP contribution in [-0.2, 0) is 9.59 Å². The molecule has 26 heavy (non-hydrogen) atoms. The minimum atomic E-state index is -0.160. The van der Waals surface area contributed by atoms with Gasteiger partial charge in [0.25, 0.3) is 0 Å². The highest BCUT2D eigenvalue weighted by Crippen LogP contribution is 2.31. The number of hydrogen-bond acceptors (Lipinski definition) is 5. The van der Waals surface area contributed by atoms with Gasteiger partial charge in [0.2, 0.25) is 11.8 Å². The second kappa shape index (κ2) is 9.94. The van der Waals surface area contributed by atoms with Gasteiger partial charge in [-0.3, -0.25) is 9.59 Å². The van der Waals surface area contributed by atoms with E-state index in [0.29, 0.717) is 18.0 Å². The maximum atomic E-state index is 12.1. The fourth-order valence-electron chi connectivity index (χ4n) is 2.90. The number of anilines is 2. The minimum Gasteiger partial charge on any atom is -0.353 e. The van der Waals surface area contributed by atoms with Crippen LogP contribution in [0, 0.1) is 5.92 Å². The molecule has 3 rings (SSSR count). The Morgan fingerprint density at radius 2 is 1.88 bits per heavy atom. The molecule has 9 heteroatoms. The molecule has 2 heterocycles. The van der Waals surface area contributed by atoms with E-state index in [9.17, 15) is 9.59 Å². The lowest BCUT2D eigenvalue weighted by molar-refractivity contribution is -0.132. The van der Waals surface area contributed by atoms with Gasteiger partial charge in [-0.1, -0.05) is 0 Å². The summed E-state index contributed by atoms with van der Waals surface area (Å²) in [6.45, 7) is 4.89. The molecule has 2 amide bonds. The van der Waals surface area contributed by atoms with E-state index in [1.165, 1.54) is 0 Å². The van der Waals surface area contributed by atoms with Gasteiger partial charge in [0.1, 0.15) is 5.82 Å². The van der Waals surface area contributed by atoms with Crippen LogP contribution in [0.1, 0.15) is 26.2 Å². The topological polar surface area (TPSA) is 91.6 Å². The van der Waals surface area contributed by atoms with Crippen molar-refractivity contribution < 1.29 is 9.59 Å². The molecule has 1 aromatic rings. The zero-order chi connectivity index (χ0) is 17.1. The van der Waals surface area contributed by atoms with Crippen molar-refractivity contribution in [1.82, 2.24) is 9.88 Å². The number of rotatable bonds is 5. The van der Waals surface area contributed by atoms with Crippen LogP contribution in [0.3, 0.4) is 0 Å². The van der Waals surface area contributed by atoms with Gasteiger partial charge in [-0.25, -0.2) is 4.98 Å². The summed E-state index contributed by atoms with van der Waals surface area (Å²) in [5.41, 5.74) is 6.29. The molecule has 1 saturated carbocycles. The maximum Gasteiger partial charge on any atom is 0.225 e. The van der Waals surface area contributed by atoms with Gasteiger partial charge in [-0.15, -0.1) is 24.8 Å². The third kappa shape index (κ3) is 6.00. The highest BCUT2D eigenvalue weighted by Gasteiger charge is 2.34. The standard InChI is InChI=1S/C17H25N5O2.2ClH/c1-12(18)10-16(23)20-14-4-5-15(19-11-14)21-6-8-22(9-7-21)17(24)13-2-3-13;;/h4-5,11-13H,2-3,6-10,18H2,1H3,(H,20,23);2*1H. The Morgan fingerprint density at radius 3 is 2.38 bits per heavy atom. The number of hydrogen-bond donors (Lipinski definition) is 2. The van der Waals surface area contributed by atoms with Gasteiger partial charge in [-0.05, 0) is 31.9 Å². The van der Waals surface area contributed by atoms with Gasteiger partial charge in [0.15, 0.2) is 0 Å². The zero-order valence-electron chi connectivity index (χ0n) is 14.9. The zero-order valence-corrected chi connectivity index (χ0v) is 16.5. The summed E-state index contributed by atoms with van der Waals surface area (Å²) in [5.74, 6) is 1.37. The molecule has 0 radical (unpaired) electrons. The van der Waals surface area contributed by atoms with E-state index in [2.05, 4.69) is 15.2 Å². The number of halogens is 2. The Morgan fingerprint density at radius 1 is 1.23 bits per heavy atom. The quantitative estimate of drug-likeness (QED) is 0.779. The molecule has 1 atom stereocenters. The highest BCUT2D eigenvalue weighted by molar-refractivity contribution is 5.91. The largest absolute Gasteiger partial charge is 0.353 e. The van der Waals surface area contributed by atoms with Crippen molar-refractivity contribution in [3.05, 3.63) is 18.3 Å². The Balaban J connectivity index is 0.00000169. The van der Waals surface area contributed by atoms with Crippen molar-refractivity contribution in [2.75, 3.05) is 36.4 Å². The molecule has 1 aliphatic carbocycles. The van der Waals surface area contributed by atoms with Crippen LogP contribution in [0.5, 0.6) is 0 Å². The first kappa shape index (κ1) is 22.5. The van der Waals surface area contributed by atoms with E-state index in [0.717, 1.165) is 44.8 Å². The second-order valence-electron chi connectivity index (χ2n) is 6.72. The molecule has 1 aliphatic heterocycles. The van der Waals surface area contributed by atoms with Crippen molar-refractivity contribution >= 4 is 48.1 Å². The third-order valence-electron chi connectivity index (χ3n) is 4.38. The molecular formula is C17H27Cl2N5O2. The summed E-state index contributed by atoms with van der Waals surface area (Å²) in [4.78, 5) is 32.3. The first-order chi connectivity index (χ1) is 11.5. The number of pyridine rings is 1. The molecule has 3 N–H and O–H groups in total. The number of piperazine rings is 1.